The van der Waals surface area contributed by atoms with Gasteiger partial charge < -0.3 is 19.5 Å². The SMILES string of the molecule is CCOc1ccc(NC2=C(c3ccc(OC)cc3)C(=O)N(CCCOC)C2=O)cc1. The van der Waals surface area contributed by atoms with Crippen molar-refractivity contribution in [2.75, 3.05) is 39.3 Å². The van der Waals surface area contributed by atoms with E-state index >= 15 is 0 Å². The first-order chi connectivity index (χ1) is 14.6. The van der Waals surface area contributed by atoms with Gasteiger partial charge in [0.1, 0.15) is 17.2 Å². The van der Waals surface area contributed by atoms with Crippen molar-refractivity contribution in [2.45, 2.75) is 13.3 Å². The molecular formula is C23H26N2O5. The molecule has 0 bridgehead atoms. The number of nitrogens with one attached hydrogen (secondary N) is 1. The van der Waals surface area contributed by atoms with Gasteiger partial charge in [-0.2, -0.15) is 0 Å². The Bertz CT molecular complexity index is 920. The Morgan fingerprint density at radius 3 is 2.17 bits per heavy atom. The maximum absolute atomic E-state index is 13.1. The quantitative estimate of drug-likeness (QED) is 0.478. The number of hydrogen-bond donors (Lipinski definition) is 1. The van der Waals surface area contributed by atoms with Gasteiger partial charge in [-0.15, -0.1) is 0 Å². The van der Waals surface area contributed by atoms with Crippen LogP contribution in [0, 0.1) is 0 Å². The molecule has 0 atom stereocenters. The topological polar surface area (TPSA) is 77.1 Å². The minimum atomic E-state index is -0.351. The second kappa shape index (κ2) is 9.93. The lowest BCUT2D eigenvalue weighted by Gasteiger charge is -2.15. The Morgan fingerprint density at radius 2 is 1.57 bits per heavy atom. The van der Waals surface area contributed by atoms with Crippen molar-refractivity contribution >= 4 is 23.1 Å². The number of benzene rings is 2. The van der Waals surface area contributed by atoms with E-state index < -0.39 is 0 Å². The van der Waals surface area contributed by atoms with Gasteiger partial charge >= 0.3 is 0 Å². The zero-order chi connectivity index (χ0) is 21.5. The number of hydrogen-bond acceptors (Lipinski definition) is 6. The van der Waals surface area contributed by atoms with E-state index in [0.29, 0.717) is 48.8 Å². The molecule has 158 valence electrons. The zero-order valence-corrected chi connectivity index (χ0v) is 17.4. The van der Waals surface area contributed by atoms with Gasteiger partial charge in [-0.1, -0.05) is 12.1 Å². The second-order valence-electron chi connectivity index (χ2n) is 6.67. The number of amides is 2. The number of methoxy groups -OCH3 is 2. The Morgan fingerprint density at radius 1 is 0.900 bits per heavy atom. The number of rotatable bonds is 10. The van der Waals surface area contributed by atoms with Crippen molar-refractivity contribution in [1.82, 2.24) is 4.90 Å². The van der Waals surface area contributed by atoms with E-state index in [-0.39, 0.29) is 17.5 Å². The number of imide groups is 1. The number of nitrogens with zero attached hydrogens (tertiary/aromatic N) is 1. The molecular weight excluding hydrogens is 384 g/mol. The van der Waals surface area contributed by atoms with Gasteiger partial charge in [0, 0.05) is 25.9 Å². The average molecular weight is 410 g/mol. The van der Waals surface area contributed by atoms with Crippen LogP contribution in [-0.4, -0.2) is 50.7 Å². The molecule has 1 aliphatic heterocycles. The molecule has 7 nitrogen and oxygen atoms in total. The molecule has 0 fully saturated rings. The predicted octanol–water partition coefficient (Wildman–Crippen LogP) is 3.32. The maximum Gasteiger partial charge on any atom is 0.278 e. The number of anilines is 1. The molecule has 0 unspecified atom stereocenters. The molecule has 1 aliphatic rings. The van der Waals surface area contributed by atoms with E-state index in [1.54, 1.807) is 38.5 Å². The largest absolute Gasteiger partial charge is 0.497 e. The third-order valence-corrected chi connectivity index (χ3v) is 4.71. The molecule has 0 saturated carbocycles. The number of carbonyl (C=O) groups is 2. The molecule has 0 aromatic heterocycles. The van der Waals surface area contributed by atoms with E-state index in [1.165, 1.54) is 4.90 Å². The Hall–Kier alpha value is -3.32. The summed E-state index contributed by atoms with van der Waals surface area (Å²) in [5, 5.41) is 3.14. The highest BCUT2D eigenvalue weighted by molar-refractivity contribution is 6.36. The minimum Gasteiger partial charge on any atom is -0.497 e. The maximum atomic E-state index is 13.1. The van der Waals surface area contributed by atoms with Crippen LogP contribution in [0.25, 0.3) is 5.57 Å². The van der Waals surface area contributed by atoms with Crippen LogP contribution < -0.4 is 14.8 Å². The van der Waals surface area contributed by atoms with Crippen molar-refractivity contribution in [3.8, 4) is 11.5 Å². The summed E-state index contributed by atoms with van der Waals surface area (Å²) in [6, 6.07) is 14.3. The van der Waals surface area contributed by atoms with Crippen LogP contribution in [0.1, 0.15) is 18.9 Å². The molecule has 2 amide bonds. The van der Waals surface area contributed by atoms with E-state index in [1.807, 2.05) is 31.2 Å². The third kappa shape index (κ3) is 4.63. The smallest absolute Gasteiger partial charge is 0.278 e. The lowest BCUT2D eigenvalue weighted by molar-refractivity contribution is -0.136. The van der Waals surface area contributed by atoms with Crippen LogP contribution in [0.4, 0.5) is 5.69 Å². The Labute approximate surface area is 176 Å². The highest BCUT2D eigenvalue weighted by Crippen LogP contribution is 2.31. The Kier molecular flexibility index (Phi) is 7.08. The lowest BCUT2D eigenvalue weighted by atomic mass is 10.0. The molecule has 0 saturated heterocycles. The van der Waals surface area contributed by atoms with E-state index in [0.717, 1.165) is 5.75 Å². The molecule has 2 aromatic rings. The van der Waals surface area contributed by atoms with Gasteiger partial charge in [0.15, 0.2) is 0 Å². The summed E-state index contributed by atoms with van der Waals surface area (Å²) in [6.07, 6.45) is 0.570. The third-order valence-electron chi connectivity index (χ3n) is 4.71. The van der Waals surface area contributed by atoms with Crippen LogP contribution in [0.3, 0.4) is 0 Å². The van der Waals surface area contributed by atoms with Gasteiger partial charge in [-0.05, 0) is 55.3 Å². The van der Waals surface area contributed by atoms with E-state index in [4.69, 9.17) is 14.2 Å². The van der Waals surface area contributed by atoms with Crippen molar-refractivity contribution in [3.05, 3.63) is 59.8 Å². The van der Waals surface area contributed by atoms with Crippen LogP contribution in [0.2, 0.25) is 0 Å². The summed E-state index contributed by atoms with van der Waals surface area (Å²) in [5.41, 5.74) is 1.94. The summed E-state index contributed by atoms with van der Waals surface area (Å²) in [5.74, 6) is 0.738. The first-order valence-electron chi connectivity index (χ1n) is 9.82. The average Bonchev–Trinajstić information content (AvgIpc) is 2.99. The monoisotopic (exact) mass is 410 g/mol. The second-order valence-corrected chi connectivity index (χ2v) is 6.67. The molecule has 3 rings (SSSR count). The highest BCUT2D eigenvalue weighted by atomic mass is 16.5. The molecule has 7 heteroatoms. The summed E-state index contributed by atoms with van der Waals surface area (Å²) in [6.45, 7) is 3.25. The fourth-order valence-corrected chi connectivity index (χ4v) is 3.23. The van der Waals surface area contributed by atoms with Crippen LogP contribution >= 0.6 is 0 Å². The van der Waals surface area contributed by atoms with Gasteiger partial charge in [0.05, 0.1) is 19.3 Å². The van der Waals surface area contributed by atoms with Crippen molar-refractivity contribution in [3.63, 3.8) is 0 Å². The van der Waals surface area contributed by atoms with Crippen LogP contribution in [-0.2, 0) is 14.3 Å². The van der Waals surface area contributed by atoms with Gasteiger partial charge in [0.2, 0.25) is 0 Å². The van der Waals surface area contributed by atoms with Gasteiger partial charge in [0.25, 0.3) is 11.8 Å². The molecule has 30 heavy (non-hydrogen) atoms. The number of carbonyl (C=O) groups excluding carboxylic acids is 2. The summed E-state index contributed by atoms with van der Waals surface area (Å²) in [7, 11) is 3.17. The van der Waals surface area contributed by atoms with Crippen molar-refractivity contribution < 1.29 is 23.8 Å². The summed E-state index contributed by atoms with van der Waals surface area (Å²) >= 11 is 0. The predicted molar refractivity (Wildman–Crippen MR) is 114 cm³/mol. The van der Waals surface area contributed by atoms with Crippen molar-refractivity contribution in [1.29, 1.82) is 0 Å². The standard InChI is InChI=1S/C23H26N2O5/c1-4-30-19-12-8-17(9-13-19)24-21-20(16-6-10-18(29-3)11-7-16)22(26)25(23(21)27)14-5-15-28-2/h6-13,24H,4-5,14-15H2,1-3H3. The molecule has 1 heterocycles. The van der Waals surface area contributed by atoms with Crippen LogP contribution in [0.5, 0.6) is 11.5 Å². The molecule has 0 spiro atoms. The number of ether oxygens (including phenoxy) is 3. The normalized spacial score (nSPS) is 13.8. The highest BCUT2D eigenvalue weighted by Gasteiger charge is 2.38. The fourth-order valence-electron chi connectivity index (χ4n) is 3.23. The zero-order valence-electron chi connectivity index (χ0n) is 17.4. The fraction of sp³-hybridized carbons (Fsp3) is 0.304. The summed E-state index contributed by atoms with van der Waals surface area (Å²) in [4.78, 5) is 27.5. The van der Waals surface area contributed by atoms with Crippen molar-refractivity contribution in [2.24, 2.45) is 0 Å². The first-order valence-corrected chi connectivity index (χ1v) is 9.82. The Balaban J connectivity index is 1.93. The first kappa shape index (κ1) is 21.4. The molecule has 0 aliphatic carbocycles. The molecule has 0 radical (unpaired) electrons. The van der Waals surface area contributed by atoms with Crippen LogP contribution in [0.15, 0.2) is 54.2 Å². The minimum absolute atomic E-state index is 0.256. The van der Waals surface area contributed by atoms with Gasteiger partial charge in [-0.25, -0.2) is 0 Å². The van der Waals surface area contributed by atoms with E-state index in [9.17, 15) is 9.59 Å². The lowest BCUT2D eigenvalue weighted by Crippen LogP contribution is -2.33. The summed E-state index contributed by atoms with van der Waals surface area (Å²) < 4.78 is 15.7. The van der Waals surface area contributed by atoms with Gasteiger partial charge in [-0.3, -0.25) is 14.5 Å². The van der Waals surface area contributed by atoms with E-state index in [2.05, 4.69) is 5.32 Å². The molecule has 2 aromatic carbocycles. The molecule has 1 N–H and O–H groups in total.